The van der Waals surface area contributed by atoms with E-state index in [9.17, 15) is 9.90 Å². The molecule has 1 heterocycles. The number of aliphatic hydroxyl groups is 1. The zero-order valence-electron chi connectivity index (χ0n) is 9.48. The van der Waals surface area contributed by atoms with E-state index in [4.69, 9.17) is 0 Å². The molecule has 0 atom stereocenters. The van der Waals surface area contributed by atoms with Crippen LogP contribution < -0.4 is 0 Å². The number of thiazole rings is 1. The first-order valence-electron chi connectivity index (χ1n) is 5.73. The molecular formula is C12H17NO2S. The summed E-state index contributed by atoms with van der Waals surface area (Å²) >= 11 is 1.47. The highest BCUT2D eigenvalue weighted by Crippen LogP contribution is 2.33. The van der Waals surface area contributed by atoms with Gasteiger partial charge in [0.25, 0.3) is 0 Å². The average molecular weight is 239 g/mol. The van der Waals surface area contributed by atoms with Gasteiger partial charge in [0.15, 0.2) is 5.78 Å². The molecule has 4 heteroatoms. The van der Waals surface area contributed by atoms with Gasteiger partial charge in [0, 0.05) is 17.5 Å². The largest absolute Gasteiger partial charge is 0.382 e. The zero-order valence-corrected chi connectivity index (χ0v) is 10.3. The third kappa shape index (κ3) is 2.50. The number of carbonyl (C=O) groups is 1. The Morgan fingerprint density at radius 3 is 2.88 bits per heavy atom. The van der Waals surface area contributed by atoms with Crippen LogP contribution >= 0.6 is 11.3 Å². The highest BCUT2D eigenvalue weighted by molar-refractivity contribution is 7.09. The highest BCUT2D eigenvalue weighted by Gasteiger charge is 2.38. The quantitative estimate of drug-likeness (QED) is 0.879. The molecule has 1 aromatic rings. The van der Waals surface area contributed by atoms with Crippen molar-refractivity contribution in [3.05, 3.63) is 16.6 Å². The van der Waals surface area contributed by atoms with Crippen molar-refractivity contribution in [3.8, 4) is 0 Å². The van der Waals surface area contributed by atoms with Crippen LogP contribution in [0.5, 0.6) is 0 Å². The van der Waals surface area contributed by atoms with E-state index in [0.29, 0.717) is 25.2 Å². The van der Waals surface area contributed by atoms with Gasteiger partial charge >= 0.3 is 0 Å². The summed E-state index contributed by atoms with van der Waals surface area (Å²) in [6, 6.07) is 0. The Morgan fingerprint density at radius 1 is 1.62 bits per heavy atom. The van der Waals surface area contributed by atoms with E-state index in [-0.39, 0.29) is 5.78 Å². The first-order valence-corrected chi connectivity index (χ1v) is 6.61. The molecule has 0 saturated heterocycles. The summed E-state index contributed by atoms with van der Waals surface area (Å²) in [5.41, 5.74) is 0.645. The number of rotatable bonds is 3. The first kappa shape index (κ1) is 11.7. The summed E-state index contributed by atoms with van der Waals surface area (Å²) in [5.74, 6) is 0.597. The molecule has 88 valence electrons. The lowest BCUT2D eigenvalue weighted by molar-refractivity contribution is -0.140. The van der Waals surface area contributed by atoms with Crippen molar-refractivity contribution in [1.82, 2.24) is 4.98 Å². The standard InChI is InChI=1S/C12H17NO2S/c1-9-2-4-12(15,5-3-9)11(14)6-10-7-13-8-16-10/h7-9,15H,2-6H2,1H3. The van der Waals surface area contributed by atoms with E-state index in [1.54, 1.807) is 11.7 Å². The molecule has 0 bridgehead atoms. The minimum atomic E-state index is -1.07. The predicted octanol–water partition coefficient (Wildman–Crippen LogP) is 2.20. The minimum absolute atomic E-state index is 0.0383. The Labute approximate surface area is 99.5 Å². The number of ketones is 1. The summed E-state index contributed by atoms with van der Waals surface area (Å²) in [6.45, 7) is 2.17. The van der Waals surface area contributed by atoms with Crippen molar-refractivity contribution in [3.63, 3.8) is 0 Å². The van der Waals surface area contributed by atoms with Gasteiger partial charge in [-0.05, 0) is 31.6 Å². The van der Waals surface area contributed by atoms with Crippen LogP contribution in [0.1, 0.15) is 37.5 Å². The summed E-state index contributed by atoms with van der Waals surface area (Å²) in [7, 11) is 0. The fourth-order valence-electron chi connectivity index (χ4n) is 2.17. The van der Waals surface area contributed by atoms with Gasteiger partial charge in [0.2, 0.25) is 0 Å². The lowest BCUT2D eigenvalue weighted by Crippen LogP contribution is -2.42. The summed E-state index contributed by atoms with van der Waals surface area (Å²) < 4.78 is 0. The van der Waals surface area contributed by atoms with Gasteiger partial charge < -0.3 is 5.11 Å². The van der Waals surface area contributed by atoms with Crippen LogP contribution in [0, 0.1) is 5.92 Å². The van der Waals surface area contributed by atoms with Crippen LogP contribution in [-0.2, 0) is 11.2 Å². The Kier molecular flexibility index (Phi) is 3.40. The van der Waals surface area contributed by atoms with Gasteiger partial charge in [-0.15, -0.1) is 11.3 Å². The molecule has 3 nitrogen and oxygen atoms in total. The Bertz CT molecular complexity index is 353. The van der Waals surface area contributed by atoms with Gasteiger partial charge in [-0.2, -0.15) is 0 Å². The normalized spacial score (nSPS) is 30.2. The molecule has 1 N–H and O–H groups in total. The molecule has 1 aliphatic rings. The SMILES string of the molecule is CC1CCC(O)(C(=O)Cc2cncs2)CC1. The van der Waals surface area contributed by atoms with Crippen LogP contribution in [-0.4, -0.2) is 21.5 Å². The monoisotopic (exact) mass is 239 g/mol. The fourth-order valence-corrected chi connectivity index (χ4v) is 2.76. The molecule has 1 saturated carbocycles. The molecule has 0 amide bonds. The van der Waals surface area contributed by atoms with Crippen molar-refractivity contribution in [2.75, 3.05) is 0 Å². The van der Waals surface area contributed by atoms with Crippen LogP contribution in [0.4, 0.5) is 0 Å². The fraction of sp³-hybridized carbons (Fsp3) is 0.667. The average Bonchev–Trinajstić information content (AvgIpc) is 2.75. The molecule has 1 aromatic heterocycles. The van der Waals surface area contributed by atoms with Crippen molar-refractivity contribution in [2.24, 2.45) is 5.92 Å². The van der Waals surface area contributed by atoms with Crippen molar-refractivity contribution >= 4 is 17.1 Å². The third-order valence-corrected chi connectivity index (χ3v) is 4.22. The second-order valence-electron chi connectivity index (χ2n) is 4.78. The molecule has 0 aromatic carbocycles. The van der Waals surface area contributed by atoms with Crippen LogP contribution in [0.15, 0.2) is 11.7 Å². The van der Waals surface area contributed by atoms with E-state index in [1.807, 2.05) is 0 Å². The molecule has 0 unspecified atom stereocenters. The van der Waals surface area contributed by atoms with Crippen molar-refractivity contribution < 1.29 is 9.90 Å². The first-order chi connectivity index (χ1) is 7.60. The smallest absolute Gasteiger partial charge is 0.169 e. The topological polar surface area (TPSA) is 50.2 Å². The molecule has 0 aliphatic heterocycles. The lowest BCUT2D eigenvalue weighted by atomic mass is 9.76. The number of hydrogen-bond acceptors (Lipinski definition) is 4. The number of aromatic nitrogens is 1. The summed E-state index contributed by atoms with van der Waals surface area (Å²) in [6.07, 6.45) is 5.17. The van der Waals surface area contributed by atoms with E-state index in [2.05, 4.69) is 11.9 Å². The molecule has 0 spiro atoms. The van der Waals surface area contributed by atoms with Crippen LogP contribution in [0.25, 0.3) is 0 Å². The molecule has 16 heavy (non-hydrogen) atoms. The third-order valence-electron chi connectivity index (χ3n) is 3.44. The van der Waals surface area contributed by atoms with Crippen LogP contribution in [0.3, 0.4) is 0 Å². The molecule has 2 rings (SSSR count). The van der Waals surface area contributed by atoms with Crippen molar-refractivity contribution in [1.29, 1.82) is 0 Å². The predicted molar refractivity (Wildman–Crippen MR) is 63.4 cm³/mol. The van der Waals surface area contributed by atoms with Crippen LogP contribution in [0.2, 0.25) is 0 Å². The molecule has 1 fully saturated rings. The zero-order chi connectivity index (χ0) is 11.6. The second-order valence-corrected chi connectivity index (χ2v) is 5.75. The summed E-state index contributed by atoms with van der Waals surface area (Å²) in [4.78, 5) is 16.9. The molecule has 0 radical (unpaired) electrons. The Hall–Kier alpha value is -0.740. The molecule has 1 aliphatic carbocycles. The van der Waals surface area contributed by atoms with Gasteiger partial charge in [-0.1, -0.05) is 6.92 Å². The van der Waals surface area contributed by atoms with E-state index < -0.39 is 5.60 Å². The van der Waals surface area contributed by atoms with E-state index in [0.717, 1.165) is 17.7 Å². The maximum atomic E-state index is 12.0. The number of carbonyl (C=O) groups excluding carboxylic acids is 1. The molecular weight excluding hydrogens is 222 g/mol. The lowest BCUT2D eigenvalue weighted by Gasteiger charge is -2.33. The van der Waals surface area contributed by atoms with Gasteiger partial charge in [0.05, 0.1) is 5.51 Å². The second kappa shape index (κ2) is 4.63. The maximum Gasteiger partial charge on any atom is 0.169 e. The Balaban J connectivity index is 1.98. The van der Waals surface area contributed by atoms with Gasteiger partial charge in [-0.25, -0.2) is 0 Å². The maximum absolute atomic E-state index is 12.0. The minimum Gasteiger partial charge on any atom is -0.382 e. The Morgan fingerprint density at radius 2 is 2.31 bits per heavy atom. The van der Waals surface area contributed by atoms with Crippen molar-refractivity contribution in [2.45, 2.75) is 44.6 Å². The highest BCUT2D eigenvalue weighted by atomic mass is 32.1. The van der Waals surface area contributed by atoms with E-state index in [1.165, 1.54) is 11.3 Å². The summed E-state index contributed by atoms with van der Waals surface area (Å²) in [5, 5.41) is 10.3. The number of Topliss-reactive ketones (excluding diaryl/α,β-unsaturated/α-hetero) is 1. The number of nitrogens with zero attached hydrogens (tertiary/aromatic N) is 1. The van der Waals surface area contributed by atoms with Gasteiger partial charge in [-0.3, -0.25) is 9.78 Å². The number of hydrogen-bond donors (Lipinski definition) is 1. The van der Waals surface area contributed by atoms with E-state index >= 15 is 0 Å². The van der Waals surface area contributed by atoms with Gasteiger partial charge in [0.1, 0.15) is 5.60 Å².